The summed E-state index contributed by atoms with van der Waals surface area (Å²) in [6.45, 7) is -3.94. The lowest BCUT2D eigenvalue weighted by Gasteiger charge is -2.20. The van der Waals surface area contributed by atoms with Crippen molar-refractivity contribution in [3.63, 3.8) is 0 Å². The van der Waals surface area contributed by atoms with Crippen molar-refractivity contribution < 1.29 is 37.1 Å². The third-order valence-electron chi connectivity index (χ3n) is 4.00. The van der Waals surface area contributed by atoms with Crippen molar-refractivity contribution in [1.82, 2.24) is 19.5 Å². The van der Waals surface area contributed by atoms with E-state index in [1.165, 1.54) is 31.4 Å². The average Bonchev–Trinajstić information content (AvgIpc) is 3.23. The van der Waals surface area contributed by atoms with Gasteiger partial charge < -0.3 is 29.1 Å². The Hall–Kier alpha value is -1.08. The van der Waals surface area contributed by atoms with Crippen LogP contribution in [0.1, 0.15) is 6.23 Å². The number of hydrogen-bond acceptors (Lipinski definition) is 12. The molecule has 28 heavy (non-hydrogen) atoms. The maximum absolute atomic E-state index is 11.9. The monoisotopic (exact) mass is 455 g/mol. The number of rotatable bonds is 8. The molecule has 0 radical (unpaired) electrons. The molecule has 0 spiro atoms. The first-order valence-corrected chi connectivity index (χ1v) is 11.7. The second-order valence-electron chi connectivity index (χ2n) is 5.62. The zero-order valence-electron chi connectivity index (χ0n) is 14.7. The number of aliphatic hydroxyl groups excluding tert-OH is 1. The Morgan fingerprint density at radius 3 is 2.86 bits per heavy atom. The van der Waals surface area contributed by atoms with E-state index in [1.807, 2.05) is 0 Å². The summed E-state index contributed by atoms with van der Waals surface area (Å²) in [6, 6.07) is 0. The summed E-state index contributed by atoms with van der Waals surface area (Å²) in [6.07, 6.45) is -1.85. The number of anilines is 1. The minimum Gasteiger partial charge on any atom is -0.386 e. The lowest BCUT2D eigenvalue weighted by atomic mass is 10.1. The molecule has 0 amide bonds. The van der Waals surface area contributed by atoms with Crippen molar-refractivity contribution in [2.75, 3.05) is 26.6 Å². The lowest BCUT2D eigenvalue weighted by Crippen LogP contribution is -2.35. The maximum Gasteiger partial charge on any atom is 0.385 e. The van der Waals surface area contributed by atoms with Crippen LogP contribution in [-0.4, -0.2) is 63.8 Å². The zero-order valence-corrected chi connectivity index (χ0v) is 17.5. The molecule has 2 unspecified atom stereocenters. The molecule has 1 saturated heterocycles. The normalized spacial score (nSPS) is 28.4. The number of hydrogen-bond donors (Lipinski definition) is 3. The summed E-state index contributed by atoms with van der Waals surface area (Å²) in [5.74, 6) is 0.157. The van der Waals surface area contributed by atoms with Gasteiger partial charge in [0.2, 0.25) is 0 Å². The molecule has 0 aromatic carbocycles. The van der Waals surface area contributed by atoms with Crippen LogP contribution in [0.4, 0.5) is 5.82 Å². The van der Waals surface area contributed by atoms with Crippen LogP contribution in [-0.2, 0) is 32.0 Å². The van der Waals surface area contributed by atoms with Gasteiger partial charge in [0, 0.05) is 14.2 Å². The fourth-order valence-corrected chi connectivity index (χ4v) is 3.92. The molecule has 2 aromatic heterocycles. The van der Waals surface area contributed by atoms with Crippen molar-refractivity contribution in [3.05, 3.63) is 12.7 Å². The van der Waals surface area contributed by atoms with E-state index >= 15 is 0 Å². The summed E-state index contributed by atoms with van der Waals surface area (Å²) in [5, 5.41) is 10.7. The minimum atomic E-state index is -3.62. The van der Waals surface area contributed by atoms with Crippen LogP contribution in [0.2, 0.25) is 0 Å². The fraction of sp³-hybridized carbons (Fsp3) is 0.583. The van der Waals surface area contributed by atoms with Crippen LogP contribution in [0.25, 0.3) is 11.2 Å². The van der Waals surface area contributed by atoms with Crippen LogP contribution in [0, 0.1) is 0 Å². The molecule has 156 valence electrons. The standard InChI is InChI=1S/C12H19N5O8P2S/c1-21-26(19)25-9-6(3-23-27(20,28)22-2)24-12(8(9)18)17-5-16-7-10(13)14-4-15-11(7)17/h4-6,8-9,12,18,26H,3H2,1-2H3,(H,20,28)(H2,13,14,15)/t6?,8-,9-,12-,27+/m1/s1. The van der Waals surface area contributed by atoms with E-state index in [0.717, 1.165) is 0 Å². The van der Waals surface area contributed by atoms with Crippen molar-refractivity contribution in [1.29, 1.82) is 0 Å². The van der Waals surface area contributed by atoms with E-state index in [1.54, 1.807) is 0 Å². The van der Waals surface area contributed by atoms with Gasteiger partial charge in [0.25, 0.3) is 0 Å². The fourth-order valence-electron chi connectivity index (χ4n) is 2.66. The number of thiol groups is 1. The van der Waals surface area contributed by atoms with Gasteiger partial charge in [0.15, 0.2) is 17.7 Å². The molecule has 0 aliphatic carbocycles. The Morgan fingerprint density at radius 1 is 1.43 bits per heavy atom. The Kier molecular flexibility index (Phi) is 6.75. The Morgan fingerprint density at radius 2 is 2.18 bits per heavy atom. The van der Waals surface area contributed by atoms with Gasteiger partial charge in [-0.05, 0) is 0 Å². The molecule has 0 saturated carbocycles. The van der Waals surface area contributed by atoms with Crippen LogP contribution in [0.15, 0.2) is 12.7 Å². The van der Waals surface area contributed by atoms with Crippen molar-refractivity contribution in [2.45, 2.75) is 24.5 Å². The Balaban J connectivity index is 1.89. The molecular weight excluding hydrogens is 436 g/mol. The van der Waals surface area contributed by atoms with Crippen LogP contribution in [0.3, 0.4) is 0 Å². The first kappa shape index (κ1) is 21.6. The molecule has 1 aliphatic heterocycles. The van der Waals surface area contributed by atoms with E-state index in [2.05, 4.69) is 36.2 Å². The van der Waals surface area contributed by atoms with Gasteiger partial charge in [-0.25, -0.2) is 19.5 Å². The number of nitrogen functional groups attached to an aromatic ring is 1. The zero-order chi connectivity index (χ0) is 20.5. The van der Waals surface area contributed by atoms with E-state index in [9.17, 15) is 14.2 Å². The predicted molar refractivity (Wildman–Crippen MR) is 100 cm³/mol. The third kappa shape index (κ3) is 4.40. The minimum absolute atomic E-state index is 0.157. The highest BCUT2D eigenvalue weighted by atomic mass is 32.7. The number of fused-ring (bicyclic) bond motifs is 1. The number of aliphatic hydroxyl groups is 1. The van der Waals surface area contributed by atoms with Gasteiger partial charge in [-0.1, -0.05) is 12.2 Å². The van der Waals surface area contributed by atoms with Crippen molar-refractivity contribution in [3.8, 4) is 0 Å². The number of ether oxygens (including phenoxy) is 1. The Labute approximate surface area is 165 Å². The first-order chi connectivity index (χ1) is 13.3. The topological polar surface area (TPSA) is 170 Å². The SMILES string of the molecule is CO[PH](=O)O[C@@H]1C(CO[P@@](=O)(S)OC)O[C@@H](n2cnc3c(N)ncnc32)[C@@H]1O. The van der Waals surface area contributed by atoms with E-state index < -0.39 is 39.6 Å². The molecule has 0 bridgehead atoms. The molecule has 1 aliphatic rings. The summed E-state index contributed by atoms with van der Waals surface area (Å²) in [7, 11) is -0.547. The van der Waals surface area contributed by atoms with Gasteiger partial charge in [0.1, 0.15) is 30.2 Å². The molecule has 6 atom stereocenters. The second kappa shape index (κ2) is 8.74. The van der Waals surface area contributed by atoms with Gasteiger partial charge >= 0.3 is 15.1 Å². The van der Waals surface area contributed by atoms with E-state index in [-0.39, 0.29) is 12.4 Å². The molecule has 1 fully saturated rings. The molecular formula is C12H19N5O8P2S. The van der Waals surface area contributed by atoms with Crippen LogP contribution >= 0.6 is 27.3 Å². The quantitative estimate of drug-likeness (QED) is 0.378. The highest BCUT2D eigenvalue weighted by Gasteiger charge is 2.47. The molecule has 3 heterocycles. The number of aromatic nitrogens is 4. The molecule has 2 aromatic rings. The van der Waals surface area contributed by atoms with Gasteiger partial charge in [-0.15, -0.1) is 0 Å². The average molecular weight is 455 g/mol. The highest BCUT2D eigenvalue weighted by molar-refractivity contribution is 8.44. The van der Waals surface area contributed by atoms with E-state index in [0.29, 0.717) is 11.2 Å². The number of nitrogens with two attached hydrogens (primary N) is 1. The summed E-state index contributed by atoms with van der Waals surface area (Å²) in [4.78, 5) is 12.1. The molecule has 3 N–H and O–H groups in total. The summed E-state index contributed by atoms with van der Waals surface area (Å²) >= 11 is 3.77. The van der Waals surface area contributed by atoms with E-state index in [4.69, 9.17) is 19.5 Å². The number of nitrogens with zero attached hydrogens (tertiary/aromatic N) is 4. The first-order valence-electron chi connectivity index (χ1n) is 7.81. The smallest absolute Gasteiger partial charge is 0.385 e. The van der Waals surface area contributed by atoms with Crippen molar-refractivity contribution >= 4 is 44.3 Å². The maximum atomic E-state index is 11.9. The molecule has 16 heteroatoms. The largest absolute Gasteiger partial charge is 0.386 e. The third-order valence-corrected chi connectivity index (χ3v) is 6.57. The highest BCUT2D eigenvalue weighted by Crippen LogP contribution is 2.52. The number of imidazole rings is 1. The van der Waals surface area contributed by atoms with Gasteiger partial charge in [0.05, 0.1) is 12.9 Å². The van der Waals surface area contributed by atoms with Gasteiger partial charge in [-0.2, -0.15) is 0 Å². The predicted octanol–water partition coefficient (Wildman–Crippen LogP) is 0.789. The van der Waals surface area contributed by atoms with Gasteiger partial charge in [-0.3, -0.25) is 13.7 Å². The Bertz CT molecular complexity index is 915. The molecule has 13 nitrogen and oxygen atoms in total. The molecule has 3 rings (SSSR count). The van der Waals surface area contributed by atoms with Crippen LogP contribution < -0.4 is 5.73 Å². The van der Waals surface area contributed by atoms with Crippen LogP contribution in [0.5, 0.6) is 0 Å². The lowest BCUT2D eigenvalue weighted by molar-refractivity contribution is -0.0476. The summed E-state index contributed by atoms with van der Waals surface area (Å²) < 4.78 is 50.5. The second-order valence-corrected chi connectivity index (χ2v) is 9.80. The summed E-state index contributed by atoms with van der Waals surface area (Å²) in [5.41, 5.74) is 6.40. The van der Waals surface area contributed by atoms with Crippen molar-refractivity contribution in [2.24, 2.45) is 0 Å².